The van der Waals surface area contributed by atoms with Crippen LogP contribution in [-0.2, 0) is 10.0 Å². The summed E-state index contributed by atoms with van der Waals surface area (Å²) < 4.78 is 37.0. The second-order valence-corrected chi connectivity index (χ2v) is 6.11. The molecule has 6 nitrogen and oxygen atoms in total. The van der Waals surface area contributed by atoms with E-state index in [9.17, 15) is 17.6 Å². The Balaban J connectivity index is 2.08. The number of hydrogen-bond acceptors (Lipinski definition) is 3. The molecular formula is C13H14FN3O3S. The van der Waals surface area contributed by atoms with Crippen LogP contribution in [0.2, 0.25) is 0 Å². The molecule has 1 amide bonds. The summed E-state index contributed by atoms with van der Waals surface area (Å²) in [4.78, 5) is 11.8. The Kier molecular flexibility index (Phi) is 4.39. The summed E-state index contributed by atoms with van der Waals surface area (Å²) in [5.74, 6) is -1.48. The maximum atomic E-state index is 14.0. The molecule has 0 aliphatic carbocycles. The van der Waals surface area contributed by atoms with Gasteiger partial charge < -0.3 is 9.88 Å². The summed E-state index contributed by atoms with van der Waals surface area (Å²) in [5.41, 5.74) is 0.430. The van der Waals surface area contributed by atoms with Crippen LogP contribution in [0.25, 0.3) is 5.69 Å². The molecule has 2 rings (SSSR count). The Morgan fingerprint density at radius 1 is 1.29 bits per heavy atom. The van der Waals surface area contributed by atoms with Crippen molar-refractivity contribution >= 4 is 15.9 Å². The van der Waals surface area contributed by atoms with Gasteiger partial charge in [-0.3, -0.25) is 4.79 Å². The lowest BCUT2D eigenvalue weighted by Crippen LogP contribution is -2.31. The largest absolute Gasteiger partial charge is 0.351 e. The molecule has 1 aromatic carbocycles. The second kappa shape index (κ2) is 6.06. The monoisotopic (exact) mass is 311 g/mol. The normalized spacial score (nSPS) is 11.3. The van der Waals surface area contributed by atoms with Crippen LogP contribution in [0.4, 0.5) is 4.39 Å². The molecule has 0 aliphatic rings. The van der Waals surface area contributed by atoms with Gasteiger partial charge in [0.15, 0.2) is 0 Å². The van der Waals surface area contributed by atoms with Crippen LogP contribution in [0.15, 0.2) is 42.7 Å². The highest BCUT2D eigenvalue weighted by atomic mass is 32.2. The van der Waals surface area contributed by atoms with Crippen LogP contribution in [0, 0.1) is 5.82 Å². The average molecular weight is 311 g/mol. The van der Waals surface area contributed by atoms with Gasteiger partial charge in [0.05, 0.1) is 11.4 Å². The van der Waals surface area contributed by atoms with Crippen molar-refractivity contribution in [1.82, 2.24) is 9.88 Å². The first kappa shape index (κ1) is 15.2. The van der Waals surface area contributed by atoms with Crippen molar-refractivity contribution in [2.24, 2.45) is 5.14 Å². The fourth-order valence-electron chi connectivity index (χ4n) is 1.76. The number of rotatable bonds is 5. The quantitative estimate of drug-likeness (QED) is 0.848. The zero-order valence-electron chi connectivity index (χ0n) is 11.0. The summed E-state index contributed by atoms with van der Waals surface area (Å²) in [6.07, 6.45) is 3.37. The predicted octanol–water partition coefficient (Wildman–Crippen LogP) is 0.635. The summed E-state index contributed by atoms with van der Waals surface area (Å²) in [6, 6.07) is 7.55. The average Bonchev–Trinajstić information content (AvgIpc) is 2.90. The van der Waals surface area contributed by atoms with E-state index in [-0.39, 0.29) is 17.9 Å². The van der Waals surface area contributed by atoms with Gasteiger partial charge in [0.1, 0.15) is 5.82 Å². The van der Waals surface area contributed by atoms with Gasteiger partial charge in [-0.15, -0.1) is 0 Å². The summed E-state index contributed by atoms with van der Waals surface area (Å²) in [6.45, 7) is -0.126. The number of aromatic nitrogens is 1. The molecule has 21 heavy (non-hydrogen) atoms. The number of nitrogens with two attached hydrogens (primary N) is 1. The van der Waals surface area contributed by atoms with Crippen LogP contribution in [0.3, 0.4) is 0 Å². The number of sulfonamides is 1. The van der Waals surface area contributed by atoms with E-state index < -0.39 is 21.7 Å². The standard InChI is InChI=1S/C13H14FN3O3S/c14-11-9-10(13(18)16-5-8-21(15,19)20)3-4-12(11)17-6-1-2-7-17/h1-4,6-7,9H,5,8H2,(H,16,18)(H2,15,19,20). The maximum Gasteiger partial charge on any atom is 0.251 e. The van der Waals surface area contributed by atoms with Gasteiger partial charge in [-0.1, -0.05) is 0 Å². The van der Waals surface area contributed by atoms with Gasteiger partial charge >= 0.3 is 0 Å². The van der Waals surface area contributed by atoms with Crippen molar-refractivity contribution in [1.29, 1.82) is 0 Å². The lowest BCUT2D eigenvalue weighted by Gasteiger charge is -2.08. The lowest BCUT2D eigenvalue weighted by molar-refractivity contribution is 0.0955. The Bertz CT molecular complexity index is 742. The number of nitrogens with one attached hydrogen (secondary N) is 1. The van der Waals surface area contributed by atoms with E-state index >= 15 is 0 Å². The minimum atomic E-state index is -3.64. The predicted molar refractivity (Wildman–Crippen MR) is 76.0 cm³/mol. The highest BCUT2D eigenvalue weighted by molar-refractivity contribution is 7.89. The van der Waals surface area contributed by atoms with E-state index in [2.05, 4.69) is 5.32 Å². The minimum Gasteiger partial charge on any atom is -0.351 e. The van der Waals surface area contributed by atoms with Gasteiger partial charge in [0, 0.05) is 24.5 Å². The van der Waals surface area contributed by atoms with Crippen molar-refractivity contribution in [2.75, 3.05) is 12.3 Å². The van der Waals surface area contributed by atoms with Gasteiger partial charge in [0.2, 0.25) is 10.0 Å². The van der Waals surface area contributed by atoms with E-state index in [1.54, 1.807) is 29.1 Å². The molecule has 0 aliphatic heterocycles. The van der Waals surface area contributed by atoms with Crippen LogP contribution >= 0.6 is 0 Å². The zero-order valence-corrected chi connectivity index (χ0v) is 11.8. The van der Waals surface area contributed by atoms with Crippen LogP contribution in [0.1, 0.15) is 10.4 Å². The number of amides is 1. The minimum absolute atomic E-state index is 0.109. The number of halogens is 1. The number of carbonyl (C=O) groups is 1. The molecule has 0 atom stereocenters. The van der Waals surface area contributed by atoms with E-state index in [1.807, 2.05) is 0 Å². The number of nitrogens with zero attached hydrogens (tertiary/aromatic N) is 1. The van der Waals surface area contributed by atoms with Crippen LogP contribution < -0.4 is 10.5 Å². The van der Waals surface area contributed by atoms with Crippen molar-refractivity contribution in [3.63, 3.8) is 0 Å². The van der Waals surface area contributed by atoms with Gasteiger partial charge in [-0.25, -0.2) is 17.9 Å². The first-order valence-corrected chi connectivity index (χ1v) is 7.80. The molecule has 3 N–H and O–H groups in total. The highest BCUT2D eigenvalue weighted by Gasteiger charge is 2.11. The van der Waals surface area contributed by atoms with E-state index in [0.29, 0.717) is 5.69 Å². The highest BCUT2D eigenvalue weighted by Crippen LogP contribution is 2.15. The third kappa shape index (κ3) is 4.14. The Labute approximate surface area is 121 Å². The Morgan fingerprint density at radius 2 is 1.95 bits per heavy atom. The first-order chi connectivity index (χ1) is 9.87. The molecule has 0 saturated heterocycles. The molecule has 2 aromatic rings. The third-order valence-electron chi connectivity index (χ3n) is 2.76. The molecule has 8 heteroatoms. The van der Waals surface area contributed by atoms with Gasteiger partial charge in [0.25, 0.3) is 5.91 Å². The van der Waals surface area contributed by atoms with E-state index in [1.165, 1.54) is 12.1 Å². The van der Waals surface area contributed by atoms with Crippen molar-refractivity contribution in [3.05, 3.63) is 54.1 Å². The molecule has 112 valence electrons. The van der Waals surface area contributed by atoms with E-state index in [4.69, 9.17) is 5.14 Å². The Hall–Kier alpha value is -2.19. The second-order valence-electron chi connectivity index (χ2n) is 4.38. The molecule has 0 unspecified atom stereocenters. The van der Waals surface area contributed by atoms with Gasteiger partial charge in [-0.2, -0.15) is 0 Å². The summed E-state index contributed by atoms with van der Waals surface area (Å²) in [7, 11) is -3.64. The molecule has 0 fully saturated rings. The smallest absolute Gasteiger partial charge is 0.251 e. The van der Waals surface area contributed by atoms with Gasteiger partial charge in [-0.05, 0) is 30.3 Å². The van der Waals surface area contributed by atoms with Crippen LogP contribution in [-0.4, -0.2) is 31.2 Å². The molecular weight excluding hydrogens is 297 g/mol. The zero-order chi connectivity index (χ0) is 15.5. The number of carbonyl (C=O) groups excluding carboxylic acids is 1. The molecule has 1 aromatic heterocycles. The third-order valence-corrected chi connectivity index (χ3v) is 3.54. The first-order valence-electron chi connectivity index (χ1n) is 6.08. The lowest BCUT2D eigenvalue weighted by atomic mass is 10.2. The topological polar surface area (TPSA) is 94.2 Å². The van der Waals surface area contributed by atoms with Crippen LogP contribution in [0.5, 0.6) is 0 Å². The van der Waals surface area contributed by atoms with Crippen molar-refractivity contribution in [3.8, 4) is 5.69 Å². The molecule has 0 saturated carbocycles. The summed E-state index contributed by atoms with van der Waals surface area (Å²) >= 11 is 0. The van der Waals surface area contributed by atoms with E-state index in [0.717, 1.165) is 6.07 Å². The number of hydrogen-bond donors (Lipinski definition) is 2. The maximum absolute atomic E-state index is 14.0. The molecule has 1 heterocycles. The van der Waals surface area contributed by atoms with Crippen molar-refractivity contribution < 1.29 is 17.6 Å². The molecule has 0 bridgehead atoms. The summed E-state index contributed by atoms with van der Waals surface area (Å²) in [5, 5.41) is 7.18. The molecule has 0 spiro atoms. The fraction of sp³-hybridized carbons (Fsp3) is 0.154. The molecule has 0 radical (unpaired) electrons. The number of primary sulfonamides is 1. The Morgan fingerprint density at radius 3 is 2.52 bits per heavy atom. The number of benzene rings is 1. The SMILES string of the molecule is NS(=O)(=O)CCNC(=O)c1ccc(-n2cccc2)c(F)c1. The fourth-order valence-corrected chi connectivity index (χ4v) is 2.15. The van der Waals surface area contributed by atoms with Crippen molar-refractivity contribution in [2.45, 2.75) is 0 Å².